The second-order valence-electron chi connectivity index (χ2n) is 6.61. The summed E-state index contributed by atoms with van der Waals surface area (Å²) in [4.78, 5) is 20.2. The molecule has 1 saturated heterocycles. The highest BCUT2D eigenvalue weighted by atomic mass is 16.3. The molecule has 3 rings (SSSR count). The molecule has 1 amide bonds. The summed E-state index contributed by atoms with van der Waals surface area (Å²) < 4.78 is 0. The van der Waals surface area contributed by atoms with Crippen LogP contribution in [0.25, 0.3) is 11.3 Å². The molecule has 0 bridgehead atoms. The molecule has 24 heavy (non-hydrogen) atoms. The topological polar surface area (TPSA) is 59.6 Å². The van der Waals surface area contributed by atoms with Crippen molar-refractivity contribution in [2.75, 3.05) is 26.2 Å². The zero-order valence-corrected chi connectivity index (χ0v) is 14.3. The van der Waals surface area contributed by atoms with E-state index in [-0.39, 0.29) is 18.1 Å². The number of carbonyl (C=O) groups is 1. The van der Waals surface area contributed by atoms with Crippen LogP contribution in [-0.2, 0) is 0 Å². The van der Waals surface area contributed by atoms with Crippen molar-refractivity contribution in [2.24, 2.45) is 0 Å². The van der Waals surface area contributed by atoms with E-state index in [2.05, 4.69) is 16.8 Å². The lowest BCUT2D eigenvalue weighted by molar-refractivity contribution is 0.0379. The summed E-state index contributed by atoms with van der Waals surface area (Å²) >= 11 is 0. The van der Waals surface area contributed by atoms with Crippen LogP contribution in [0.15, 0.2) is 42.5 Å². The van der Waals surface area contributed by atoms with Crippen LogP contribution < -0.4 is 0 Å². The van der Waals surface area contributed by atoms with Crippen molar-refractivity contribution in [1.29, 1.82) is 0 Å². The van der Waals surface area contributed by atoms with E-state index in [4.69, 9.17) is 0 Å². The number of amides is 1. The molecule has 0 aliphatic carbocycles. The molecule has 0 spiro atoms. The maximum atomic E-state index is 12.8. The predicted octanol–water partition coefficient (Wildman–Crippen LogP) is 2.21. The van der Waals surface area contributed by atoms with Gasteiger partial charge in [-0.2, -0.15) is 0 Å². The van der Waals surface area contributed by atoms with Crippen LogP contribution in [0.2, 0.25) is 0 Å². The van der Waals surface area contributed by atoms with Crippen molar-refractivity contribution in [3.05, 3.63) is 48.2 Å². The number of aromatic nitrogens is 1. The number of carbonyl (C=O) groups excluding carboxylic acids is 1. The standard InChI is InChI=1S/C19H25N3O2/c1-14-12-21(13-15(2)23)10-11-22(14)19(24)18-9-8-17(20-18)16-6-4-3-5-7-16/h3-9,14-15,20,23H,10-13H2,1-2H3. The van der Waals surface area contributed by atoms with Gasteiger partial charge in [-0.3, -0.25) is 9.69 Å². The molecule has 1 aromatic carbocycles. The zero-order chi connectivity index (χ0) is 17.1. The van der Waals surface area contributed by atoms with E-state index in [1.165, 1.54) is 0 Å². The van der Waals surface area contributed by atoms with E-state index in [1.807, 2.05) is 47.4 Å². The molecule has 2 unspecified atom stereocenters. The van der Waals surface area contributed by atoms with Gasteiger partial charge in [0.1, 0.15) is 5.69 Å². The van der Waals surface area contributed by atoms with Crippen LogP contribution in [0.1, 0.15) is 24.3 Å². The molecule has 2 aromatic rings. The van der Waals surface area contributed by atoms with E-state index in [0.717, 1.165) is 24.3 Å². The fourth-order valence-corrected chi connectivity index (χ4v) is 3.33. The number of nitrogens with one attached hydrogen (secondary N) is 1. The average Bonchev–Trinajstić information content (AvgIpc) is 3.05. The number of hydrogen-bond acceptors (Lipinski definition) is 3. The number of rotatable bonds is 4. The van der Waals surface area contributed by atoms with Crippen molar-refractivity contribution in [3.63, 3.8) is 0 Å². The Morgan fingerprint density at radius 3 is 2.67 bits per heavy atom. The van der Waals surface area contributed by atoms with Gasteiger partial charge in [-0.15, -0.1) is 0 Å². The normalized spacial score (nSPS) is 20.1. The summed E-state index contributed by atoms with van der Waals surface area (Å²) in [5.41, 5.74) is 2.66. The fraction of sp³-hybridized carbons (Fsp3) is 0.421. The van der Waals surface area contributed by atoms with Crippen LogP contribution in [0, 0.1) is 0 Å². The number of β-amino-alcohol motifs (C(OH)–C–C–N with tert-alkyl or cyclic N) is 1. The minimum absolute atomic E-state index is 0.0429. The summed E-state index contributed by atoms with van der Waals surface area (Å²) in [6.45, 7) is 6.80. The number of aliphatic hydroxyl groups is 1. The summed E-state index contributed by atoms with van der Waals surface area (Å²) in [6.07, 6.45) is -0.337. The van der Waals surface area contributed by atoms with Gasteiger partial charge in [-0.1, -0.05) is 30.3 Å². The van der Waals surface area contributed by atoms with Crippen molar-refractivity contribution in [1.82, 2.24) is 14.8 Å². The molecule has 2 heterocycles. The third-order valence-electron chi connectivity index (χ3n) is 4.50. The minimum Gasteiger partial charge on any atom is -0.392 e. The van der Waals surface area contributed by atoms with Gasteiger partial charge in [-0.05, 0) is 31.5 Å². The lowest BCUT2D eigenvalue weighted by atomic mass is 10.1. The highest BCUT2D eigenvalue weighted by Crippen LogP contribution is 2.20. The van der Waals surface area contributed by atoms with Crippen LogP contribution in [0.5, 0.6) is 0 Å². The smallest absolute Gasteiger partial charge is 0.270 e. The SMILES string of the molecule is CC(O)CN1CCN(C(=O)c2ccc(-c3ccccc3)[nH]2)C(C)C1. The van der Waals surface area contributed by atoms with Gasteiger partial charge in [0.05, 0.1) is 6.10 Å². The maximum absolute atomic E-state index is 12.8. The van der Waals surface area contributed by atoms with Crippen molar-refractivity contribution >= 4 is 5.91 Å². The van der Waals surface area contributed by atoms with Crippen molar-refractivity contribution in [2.45, 2.75) is 26.0 Å². The number of H-pyrrole nitrogens is 1. The fourth-order valence-electron chi connectivity index (χ4n) is 3.33. The molecule has 128 valence electrons. The van der Waals surface area contributed by atoms with Gasteiger partial charge < -0.3 is 15.0 Å². The second-order valence-corrected chi connectivity index (χ2v) is 6.61. The third kappa shape index (κ3) is 3.68. The first-order valence-electron chi connectivity index (χ1n) is 8.50. The molecular weight excluding hydrogens is 302 g/mol. The van der Waals surface area contributed by atoms with E-state index >= 15 is 0 Å². The number of aromatic amines is 1. The van der Waals surface area contributed by atoms with Gasteiger partial charge in [0.15, 0.2) is 0 Å². The molecule has 5 heteroatoms. The quantitative estimate of drug-likeness (QED) is 0.905. The number of nitrogens with zero attached hydrogens (tertiary/aromatic N) is 2. The van der Waals surface area contributed by atoms with E-state index in [0.29, 0.717) is 18.8 Å². The molecule has 1 aliphatic heterocycles. The Bertz CT molecular complexity index is 681. The summed E-state index contributed by atoms with van der Waals surface area (Å²) in [5.74, 6) is 0.0429. The number of benzene rings is 1. The van der Waals surface area contributed by atoms with Crippen LogP contribution in [0.3, 0.4) is 0 Å². The molecule has 1 aliphatic rings. The Hall–Kier alpha value is -2.11. The largest absolute Gasteiger partial charge is 0.392 e. The average molecular weight is 327 g/mol. The van der Waals surface area contributed by atoms with E-state index < -0.39 is 0 Å². The van der Waals surface area contributed by atoms with Gasteiger partial charge in [0, 0.05) is 37.9 Å². The molecule has 0 saturated carbocycles. The Morgan fingerprint density at radius 1 is 1.25 bits per heavy atom. The highest BCUT2D eigenvalue weighted by molar-refractivity contribution is 5.93. The highest BCUT2D eigenvalue weighted by Gasteiger charge is 2.29. The Morgan fingerprint density at radius 2 is 2.00 bits per heavy atom. The maximum Gasteiger partial charge on any atom is 0.270 e. The molecule has 0 radical (unpaired) electrons. The van der Waals surface area contributed by atoms with Crippen molar-refractivity contribution < 1.29 is 9.90 Å². The lowest BCUT2D eigenvalue weighted by Gasteiger charge is -2.40. The first-order chi connectivity index (χ1) is 11.5. The zero-order valence-electron chi connectivity index (χ0n) is 14.3. The number of piperazine rings is 1. The van der Waals surface area contributed by atoms with Crippen molar-refractivity contribution in [3.8, 4) is 11.3 Å². The monoisotopic (exact) mass is 327 g/mol. The first-order valence-corrected chi connectivity index (χ1v) is 8.50. The molecule has 2 atom stereocenters. The number of aliphatic hydroxyl groups excluding tert-OH is 1. The van der Waals surface area contributed by atoms with E-state index in [9.17, 15) is 9.90 Å². The Kier molecular flexibility index (Phi) is 5.02. The molecule has 1 aromatic heterocycles. The van der Waals surface area contributed by atoms with Gasteiger partial charge in [0.2, 0.25) is 0 Å². The minimum atomic E-state index is -0.337. The molecule has 1 fully saturated rings. The van der Waals surface area contributed by atoms with Gasteiger partial charge >= 0.3 is 0 Å². The summed E-state index contributed by atoms with van der Waals surface area (Å²) in [6, 6.07) is 14.0. The lowest BCUT2D eigenvalue weighted by Crippen LogP contribution is -2.55. The van der Waals surface area contributed by atoms with Gasteiger partial charge in [-0.25, -0.2) is 0 Å². The molecule has 5 nitrogen and oxygen atoms in total. The van der Waals surface area contributed by atoms with Crippen LogP contribution in [0.4, 0.5) is 0 Å². The summed E-state index contributed by atoms with van der Waals surface area (Å²) in [7, 11) is 0. The molecule has 2 N–H and O–H groups in total. The predicted molar refractivity (Wildman–Crippen MR) is 94.8 cm³/mol. The Balaban J connectivity index is 1.68. The summed E-state index contributed by atoms with van der Waals surface area (Å²) in [5, 5.41) is 9.53. The first kappa shape index (κ1) is 16.7. The number of hydrogen-bond donors (Lipinski definition) is 2. The van der Waals surface area contributed by atoms with Gasteiger partial charge in [0.25, 0.3) is 5.91 Å². The molecular formula is C19H25N3O2. The third-order valence-corrected chi connectivity index (χ3v) is 4.50. The second kappa shape index (κ2) is 7.20. The van der Waals surface area contributed by atoms with Crippen LogP contribution >= 0.6 is 0 Å². The Labute approximate surface area is 142 Å². The van der Waals surface area contributed by atoms with E-state index in [1.54, 1.807) is 6.92 Å². The van der Waals surface area contributed by atoms with Crippen LogP contribution in [-0.4, -0.2) is 64.1 Å².